The molecule has 0 fully saturated rings. The summed E-state index contributed by atoms with van der Waals surface area (Å²) in [6.45, 7) is 1.94. The highest BCUT2D eigenvalue weighted by atomic mass is 32.2. The quantitative estimate of drug-likeness (QED) is 0.686. The maximum atomic E-state index is 12.9. The zero-order valence-electron chi connectivity index (χ0n) is 13.1. The van der Waals surface area contributed by atoms with E-state index in [1.165, 1.54) is 12.1 Å². The molecular weight excluding hydrogens is 326 g/mol. The lowest BCUT2D eigenvalue weighted by molar-refractivity contribution is 0.0998. The highest BCUT2D eigenvalue weighted by molar-refractivity contribution is 7.89. The van der Waals surface area contributed by atoms with E-state index in [0.717, 1.165) is 4.31 Å². The number of ketones is 1. The number of allylic oxidation sites excluding steroid dienone is 1. The van der Waals surface area contributed by atoms with Crippen molar-refractivity contribution in [3.63, 3.8) is 0 Å². The molecule has 3 rings (SSSR count). The van der Waals surface area contributed by atoms with Crippen molar-refractivity contribution in [1.29, 1.82) is 0 Å². The molecule has 1 aliphatic heterocycles. The van der Waals surface area contributed by atoms with Crippen LogP contribution >= 0.6 is 0 Å². The van der Waals surface area contributed by atoms with E-state index in [1.54, 1.807) is 42.5 Å². The summed E-state index contributed by atoms with van der Waals surface area (Å²) < 4.78 is 26.8. The van der Waals surface area contributed by atoms with Crippen molar-refractivity contribution in [3.05, 3.63) is 71.4 Å². The molecule has 1 N–H and O–H groups in total. The molecule has 0 spiro atoms. The minimum absolute atomic E-state index is 0.0203. The number of aliphatic hydroxyl groups is 1. The smallest absolute Gasteiger partial charge is 0.265 e. The second kappa shape index (κ2) is 6.13. The number of benzene rings is 2. The highest BCUT2D eigenvalue weighted by Gasteiger charge is 2.40. The molecule has 1 aliphatic rings. The maximum Gasteiger partial charge on any atom is 0.265 e. The topological polar surface area (TPSA) is 74.7 Å². The van der Waals surface area contributed by atoms with Crippen LogP contribution in [-0.2, 0) is 10.0 Å². The Labute approximate surface area is 140 Å². The van der Waals surface area contributed by atoms with Crippen molar-refractivity contribution in [2.45, 2.75) is 18.2 Å². The molecule has 124 valence electrons. The maximum absolute atomic E-state index is 12.9. The molecule has 0 atom stereocenters. The van der Waals surface area contributed by atoms with E-state index >= 15 is 0 Å². The van der Waals surface area contributed by atoms with Gasteiger partial charge in [-0.05, 0) is 18.6 Å². The number of nitrogens with zero attached hydrogens (tertiary/aromatic N) is 1. The predicted octanol–water partition coefficient (Wildman–Crippen LogP) is 3.21. The van der Waals surface area contributed by atoms with Gasteiger partial charge in [0.1, 0.15) is 5.70 Å². The third kappa shape index (κ3) is 2.49. The molecule has 2 aromatic rings. The first-order chi connectivity index (χ1) is 11.5. The predicted molar refractivity (Wildman–Crippen MR) is 90.9 cm³/mol. The van der Waals surface area contributed by atoms with Gasteiger partial charge in [-0.1, -0.05) is 49.4 Å². The molecule has 0 bridgehead atoms. The van der Waals surface area contributed by atoms with Gasteiger partial charge in [0.2, 0.25) is 5.78 Å². The fourth-order valence-corrected chi connectivity index (χ4v) is 4.51. The molecule has 0 aromatic heterocycles. The van der Waals surface area contributed by atoms with Gasteiger partial charge in [-0.2, -0.15) is 0 Å². The van der Waals surface area contributed by atoms with Gasteiger partial charge in [0.25, 0.3) is 10.0 Å². The second-order valence-electron chi connectivity index (χ2n) is 5.47. The third-order valence-electron chi connectivity index (χ3n) is 3.86. The largest absolute Gasteiger partial charge is 0.505 e. The van der Waals surface area contributed by atoms with E-state index in [9.17, 15) is 18.3 Å². The van der Waals surface area contributed by atoms with Crippen LogP contribution in [-0.4, -0.2) is 30.2 Å². The number of Topliss-reactive ketones (excluding diaryl/α,β-unsaturated/α-hetero) is 1. The van der Waals surface area contributed by atoms with Gasteiger partial charge in [-0.3, -0.25) is 9.10 Å². The van der Waals surface area contributed by atoms with Crippen LogP contribution in [0.3, 0.4) is 0 Å². The summed E-state index contributed by atoms with van der Waals surface area (Å²) in [4.78, 5) is 12.9. The number of sulfonamides is 1. The number of hydrogen-bond acceptors (Lipinski definition) is 4. The van der Waals surface area contributed by atoms with Crippen LogP contribution < -0.4 is 0 Å². The van der Waals surface area contributed by atoms with Crippen molar-refractivity contribution in [3.8, 4) is 0 Å². The number of fused-ring (bicyclic) bond motifs is 1. The Bertz CT molecular complexity index is 917. The van der Waals surface area contributed by atoms with Crippen LogP contribution in [0.4, 0.5) is 0 Å². The van der Waals surface area contributed by atoms with Gasteiger partial charge in [0.15, 0.2) is 5.76 Å². The van der Waals surface area contributed by atoms with E-state index in [1.807, 2.05) is 6.92 Å². The Kier molecular flexibility index (Phi) is 4.15. The monoisotopic (exact) mass is 343 g/mol. The molecule has 2 aromatic carbocycles. The summed E-state index contributed by atoms with van der Waals surface area (Å²) in [7, 11) is -3.89. The molecule has 0 amide bonds. The lowest BCUT2D eigenvalue weighted by Gasteiger charge is -2.31. The molecule has 0 aliphatic carbocycles. The van der Waals surface area contributed by atoms with Crippen molar-refractivity contribution in [2.75, 3.05) is 6.54 Å². The number of carbonyl (C=O) groups is 1. The average Bonchev–Trinajstić information content (AvgIpc) is 2.60. The van der Waals surface area contributed by atoms with Crippen LogP contribution in [0.2, 0.25) is 0 Å². The number of aliphatic hydroxyl groups excluding tert-OH is 1. The van der Waals surface area contributed by atoms with E-state index < -0.39 is 15.8 Å². The molecule has 6 heteroatoms. The van der Waals surface area contributed by atoms with Gasteiger partial charge in [-0.15, -0.1) is 0 Å². The van der Waals surface area contributed by atoms with Crippen molar-refractivity contribution in [2.24, 2.45) is 0 Å². The van der Waals surface area contributed by atoms with Gasteiger partial charge in [0, 0.05) is 17.7 Å². The minimum Gasteiger partial charge on any atom is -0.505 e. The summed E-state index contributed by atoms with van der Waals surface area (Å²) in [6, 6.07) is 14.6. The third-order valence-corrected chi connectivity index (χ3v) is 5.72. The molecule has 0 saturated heterocycles. The van der Waals surface area contributed by atoms with Gasteiger partial charge in [-0.25, -0.2) is 8.42 Å². The number of carbonyl (C=O) groups excluding carboxylic acids is 1. The Morgan fingerprint density at radius 3 is 2.33 bits per heavy atom. The van der Waals surface area contributed by atoms with Crippen LogP contribution in [0, 0.1) is 0 Å². The SMILES string of the molecule is CCCN1C(=C(O)c2ccccc2)C(=O)c2ccccc2S1(=O)=O. The van der Waals surface area contributed by atoms with E-state index in [2.05, 4.69) is 0 Å². The molecule has 0 saturated carbocycles. The zero-order valence-corrected chi connectivity index (χ0v) is 14.0. The fourth-order valence-electron chi connectivity index (χ4n) is 2.75. The summed E-state index contributed by atoms with van der Waals surface area (Å²) in [5.74, 6) is -0.817. The minimum atomic E-state index is -3.89. The Morgan fingerprint density at radius 2 is 1.67 bits per heavy atom. The van der Waals surface area contributed by atoms with Gasteiger partial charge in [0.05, 0.1) is 4.90 Å². The highest BCUT2D eigenvalue weighted by Crippen LogP contribution is 2.35. The van der Waals surface area contributed by atoms with Gasteiger partial charge >= 0.3 is 0 Å². The molecule has 24 heavy (non-hydrogen) atoms. The normalized spacial score (nSPS) is 18.2. The molecule has 0 unspecified atom stereocenters. The lowest BCUT2D eigenvalue weighted by atomic mass is 10.0. The number of hydrogen-bond donors (Lipinski definition) is 1. The van der Waals surface area contributed by atoms with Crippen LogP contribution in [0.25, 0.3) is 5.76 Å². The molecule has 5 nitrogen and oxygen atoms in total. The van der Waals surface area contributed by atoms with Crippen LogP contribution in [0.15, 0.2) is 65.2 Å². The van der Waals surface area contributed by atoms with Crippen molar-refractivity contribution in [1.82, 2.24) is 4.31 Å². The second-order valence-corrected chi connectivity index (χ2v) is 7.30. The zero-order chi connectivity index (χ0) is 17.3. The summed E-state index contributed by atoms with van der Waals surface area (Å²) in [5.41, 5.74) is 0.292. The van der Waals surface area contributed by atoms with E-state index in [4.69, 9.17) is 0 Å². The van der Waals surface area contributed by atoms with Crippen molar-refractivity contribution >= 4 is 21.6 Å². The number of rotatable bonds is 3. The lowest BCUT2D eigenvalue weighted by Crippen LogP contribution is -2.40. The van der Waals surface area contributed by atoms with Crippen LogP contribution in [0.5, 0.6) is 0 Å². The van der Waals surface area contributed by atoms with Gasteiger partial charge < -0.3 is 5.11 Å². The first-order valence-electron chi connectivity index (χ1n) is 7.63. The average molecular weight is 343 g/mol. The standard InChI is InChI=1S/C18H17NO4S/c1-2-12-19-16(17(20)13-8-4-3-5-9-13)18(21)14-10-6-7-11-15(14)24(19,22)23/h3-11,20H,2,12H2,1H3. The molecular formula is C18H17NO4S. The first kappa shape index (κ1) is 16.3. The fraction of sp³-hybridized carbons (Fsp3) is 0.167. The Hall–Kier alpha value is -2.60. The van der Waals surface area contributed by atoms with E-state index in [-0.39, 0.29) is 28.5 Å². The first-order valence-corrected chi connectivity index (χ1v) is 9.07. The Morgan fingerprint density at radius 1 is 1.04 bits per heavy atom. The molecule has 0 radical (unpaired) electrons. The van der Waals surface area contributed by atoms with Crippen LogP contribution in [0.1, 0.15) is 29.3 Å². The summed E-state index contributed by atoms with van der Waals surface area (Å²) >= 11 is 0. The molecule has 1 heterocycles. The summed E-state index contributed by atoms with van der Waals surface area (Å²) in [5, 5.41) is 10.6. The van der Waals surface area contributed by atoms with E-state index in [0.29, 0.717) is 12.0 Å². The Balaban J connectivity index is 2.31. The van der Waals surface area contributed by atoms with Crippen molar-refractivity contribution < 1.29 is 18.3 Å². The summed E-state index contributed by atoms with van der Waals surface area (Å²) in [6.07, 6.45) is 0.514.